The van der Waals surface area contributed by atoms with E-state index in [-0.39, 0.29) is 112 Å². The van der Waals surface area contributed by atoms with Crippen LogP contribution in [0.25, 0.3) is 0 Å². The molecule has 2 aromatic carbocycles. The summed E-state index contributed by atoms with van der Waals surface area (Å²) in [4.78, 5) is 0. The van der Waals surface area contributed by atoms with Crippen LogP contribution >= 0.6 is 0 Å². The minimum Gasteiger partial charge on any atom is -0.394 e. The summed E-state index contributed by atoms with van der Waals surface area (Å²) in [6, 6.07) is 21.2. The van der Waals surface area contributed by atoms with Gasteiger partial charge in [-0.15, -0.1) is 6.58 Å². The number of hydrogen-bond acceptors (Lipinski definition) is 14. The first-order chi connectivity index (χ1) is 40.5. The van der Waals surface area contributed by atoms with Gasteiger partial charge in [0.05, 0.1) is 49.3 Å². The Morgan fingerprint density at radius 3 is 1.17 bits per heavy atom. The Balaban J connectivity index is 0.000000215. The lowest BCUT2D eigenvalue weighted by atomic mass is 9.87. The second-order valence-corrected chi connectivity index (χ2v) is 24.2. The fourth-order valence-electron chi connectivity index (χ4n) is 13.4. The average molecular weight is 1160 g/mol. The van der Waals surface area contributed by atoms with Gasteiger partial charge in [-0.1, -0.05) is 98.5 Å². The Bertz CT molecular complexity index is 2060. The van der Waals surface area contributed by atoms with Crippen molar-refractivity contribution in [1.82, 2.24) is 0 Å². The minimum atomic E-state index is -0.824. The summed E-state index contributed by atoms with van der Waals surface area (Å²) >= 11 is 0. The van der Waals surface area contributed by atoms with E-state index in [4.69, 9.17) is 56.8 Å². The first kappa shape index (κ1) is 66.1. The van der Waals surface area contributed by atoms with Gasteiger partial charge >= 0.3 is 0 Å². The third kappa shape index (κ3) is 22.0. The van der Waals surface area contributed by atoms with Crippen LogP contribution in [0.4, 0.5) is 0 Å². The number of aryl methyl sites for hydroxylation is 2. The molecule has 466 valence electrons. The van der Waals surface area contributed by atoms with Crippen molar-refractivity contribution >= 4 is 0 Å². The zero-order valence-electron chi connectivity index (χ0n) is 49.3. The van der Waals surface area contributed by atoms with Gasteiger partial charge in [-0.2, -0.15) is 0 Å². The molecule has 10 rings (SSSR count). The molecule has 6 heterocycles. The fraction of sp³-hybridized carbons (Fsp3) is 0.739. The van der Waals surface area contributed by atoms with E-state index in [9.17, 15) is 10.2 Å². The van der Waals surface area contributed by atoms with Crippen LogP contribution in [0.5, 0.6) is 0 Å². The van der Waals surface area contributed by atoms with Crippen molar-refractivity contribution in [2.75, 3.05) is 46.2 Å². The molecule has 7 unspecified atom stereocenters. The molecule has 83 heavy (non-hydrogen) atoms. The molecule has 2 N–H and O–H groups in total. The highest BCUT2D eigenvalue weighted by atomic mass is 16.7. The lowest BCUT2D eigenvalue weighted by Crippen LogP contribution is -2.34. The molecule has 8 aliphatic rings. The molecule has 0 aromatic heterocycles. The molecule has 0 radical (unpaired) electrons. The highest BCUT2D eigenvalue weighted by molar-refractivity contribution is 5.17. The maximum atomic E-state index is 10.6. The Morgan fingerprint density at radius 2 is 0.819 bits per heavy atom. The molecular weight excluding hydrogens is 1050 g/mol. The second kappa shape index (κ2) is 37.1. The van der Waals surface area contributed by atoms with Crippen molar-refractivity contribution in [2.24, 2.45) is 23.7 Å². The van der Waals surface area contributed by atoms with Gasteiger partial charge in [0, 0.05) is 64.3 Å². The predicted octanol–water partition coefficient (Wildman–Crippen LogP) is 13.0. The zero-order valence-corrected chi connectivity index (χ0v) is 49.3. The molecule has 2 aromatic rings. The van der Waals surface area contributed by atoms with Crippen molar-refractivity contribution in [3.05, 3.63) is 109 Å². The van der Waals surface area contributed by atoms with Gasteiger partial charge < -0.3 is 67.1 Å². The van der Waals surface area contributed by atoms with Crippen LogP contribution in [-0.4, -0.2) is 137 Å². The van der Waals surface area contributed by atoms with E-state index in [2.05, 4.69) is 85.5 Å². The molecule has 6 saturated heterocycles. The van der Waals surface area contributed by atoms with Crippen molar-refractivity contribution < 1.29 is 67.1 Å². The van der Waals surface area contributed by atoms with Gasteiger partial charge in [0.25, 0.3) is 0 Å². The maximum Gasteiger partial charge on any atom is 0.158 e. The van der Waals surface area contributed by atoms with E-state index in [0.717, 1.165) is 187 Å². The minimum absolute atomic E-state index is 0. The van der Waals surface area contributed by atoms with E-state index >= 15 is 0 Å². The Hall–Kier alpha value is -2.90. The summed E-state index contributed by atoms with van der Waals surface area (Å²) in [5, 5.41) is 20.4. The summed E-state index contributed by atoms with van der Waals surface area (Å²) in [5.74, 6) is 0.393. The normalized spacial score (nSPS) is 33.7. The van der Waals surface area contributed by atoms with Crippen molar-refractivity contribution in [1.29, 1.82) is 0 Å². The Kier molecular flexibility index (Phi) is 29.5. The van der Waals surface area contributed by atoms with E-state index in [0.29, 0.717) is 19.4 Å². The van der Waals surface area contributed by atoms with Gasteiger partial charge in [0.15, 0.2) is 37.7 Å². The first-order valence-corrected chi connectivity index (χ1v) is 32.4. The quantitative estimate of drug-likeness (QED) is 0.0816. The molecule has 8 fully saturated rings. The molecular formula is C69H106O14. The topological polar surface area (TPSA) is 151 Å². The number of benzene rings is 2. The molecule has 0 spiro atoms. The largest absolute Gasteiger partial charge is 0.394 e. The number of hydrogen-bond donors (Lipinski definition) is 2. The average Bonchev–Trinajstić information content (AvgIpc) is 4.24. The van der Waals surface area contributed by atoms with Crippen LogP contribution in [0.2, 0.25) is 0 Å². The molecule has 2 aliphatic carbocycles. The number of aliphatic hydroxyl groups is 2. The molecule has 14 nitrogen and oxygen atoms in total. The van der Waals surface area contributed by atoms with Crippen LogP contribution in [0.3, 0.4) is 0 Å². The molecule has 0 amide bonds. The van der Waals surface area contributed by atoms with Gasteiger partial charge in [0.2, 0.25) is 0 Å². The third-order valence-electron chi connectivity index (χ3n) is 17.9. The lowest BCUT2D eigenvalue weighted by molar-refractivity contribution is -0.204. The molecule has 2 saturated carbocycles. The van der Waals surface area contributed by atoms with Crippen LogP contribution in [0, 0.1) is 23.7 Å². The van der Waals surface area contributed by atoms with E-state index in [1.807, 2.05) is 12.1 Å². The monoisotopic (exact) mass is 1160 g/mol. The van der Waals surface area contributed by atoms with Gasteiger partial charge in [-0.3, -0.25) is 0 Å². The lowest BCUT2D eigenvalue weighted by Gasteiger charge is -2.31. The van der Waals surface area contributed by atoms with E-state index < -0.39 is 6.10 Å². The summed E-state index contributed by atoms with van der Waals surface area (Å²) < 4.78 is 75.4. The first-order valence-electron chi connectivity index (χ1n) is 32.4. The van der Waals surface area contributed by atoms with Gasteiger partial charge in [-0.25, -0.2) is 0 Å². The third-order valence-corrected chi connectivity index (χ3v) is 17.9. The highest BCUT2D eigenvalue weighted by Crippen LogP contribution is 2.44. The summed E-state index contributed by atoms with van der Waals surface area (Å²) in [7, 11) is 0. The van der Waals surface area contributed by atoms with Crippen LogP contribution in [0.1, 0.15) is 173 Å². The van der Waals surface area contributed by atoms with Crippen LogP contribution in [0.15, 0.2) is 97.6 Å². The standard InChI is InChI=1S/C34H52O8.C34H50O6.CH4/c35-24-26(36)22-29-28(18-17-27(40-32-12-4-7-19-37-32)16-15-25-10-2-1-3-11-25)30(41-33-13-5-8-20-38-33)23-31(29)42-34-14-6-9-21-39-34;1-2-12-28-29(21-20-27(38-32-15-6-9-22-35-32)19-18-26-13-4-3-5-14-26)31(40-34-17-8-11-24-37-34)25-30(28)39-33-16-7-10-23-36-33;/h1-3,10-11,17-18,26-36H,4-9,12-16,19-24H2;2-5,13-14,20-21,27-34H,1,6-12,15-19,22-25H2;1H4/b18-17+;21-20+;/t26?,27-,28+,29+,30+,31-,32?,33?,34?;27-,28+,29+,30-,31+,32?,33?,34?;/m00./s1. The Labute approximate surface area is 498 Å². The van der Waals surface area contributed by atoms with Gasteiger partial charge in [-0.05, 0) is 177 Å². The van der Waals surface area contributed by atoms with Crippen LogP contribution in [-0.2, 0) is 69.7 Å². The van der Waals surface area contributed by atoms with Crippen molar-refractivity contribution in [2.45, 2.75) is 255 Å². The molecule has 0 bridgehead atoms. The zero-order chi connectivity index (χ0) is 56.4. The summed E-state index contributed by atoms with van der Waals surface area (Å²) in [5.41, 5.74) is 2.61. The highest BCUT2D eigenvalue weighted by Gasteiger charge is 2.47. The van der Waals surface area contributed by atoms with Crippen molar-refractivity contribution in [3.8, 4) is 0 Å². The summed E-state index contributed by atoms with van der Waals surface area (Å²) in [6.45, 7) is 8.33. The number of aliphatic hydroxyl groups excluding tert-OH is 2. The Morgan fingerprint density at radius 1 is 0.470 bits per heavy atom. The van der Waals surface area contributed by atoms with E-state index in [1.54, 1.807) is 0 Å². The smallest absolute Gasteiger partial charge is 0.158 e. The summed E-state index contributed by atoms with van der Waals surface area (Å²) in [6.07, 6.45) is 34.2. The number of ether oxygens (including phenoxy) is 12. The maximum absolute atomic E-state index is 10.6. The van der Waals surface area contributed by atoms with Crippen molar-refractivity contribution in [3.63, 3.8) is 0 Å². The predicted molar refractivity (Wildman–Crippen MR) is 321 cm³/mol. The van der Waals surface area contributed by atoms with Gasteiger partial charge in [0.1, 0.15) is 0 Å². The molecule has 17 atom stereocenters. The molecule has 14 heteroatoms. The molecule has 6 aliphatic heterocycles. The van der Waals surface area contributed by atoms with Crippen LogP contribution < -0.4 is 0 Å². The second-order valence-electron chi connectivity index (χ2n) is 24.2. The SMILES string of the molecule is C.C=CC[C@@H]1[C@@H](/C=C/[C@H](CCc2ccccc2)OC2CCCCO2)[C@H](OC2CCCCO2)C[C@@H]1OC1CCCCO1.OCC(O)C[C@@H]1[C@@H](/C=C/[C@H](CCc2ccccc2)OC2CCCCO2)[C@H](OC2CCCCO2)C[C@@H]1OC1CCCCO1. The number of allylic oxidation sites excluding steroid dienone is 1. The number of rotatable bonds is 27. The van der Waals surface area contributed by atoms with E-state index in [1.165, 1.54) is 11.1 Å². The fourth-order valence-corrected chi connectivity index (χ4v) is 13.4.